The van der Waals surface area contributed by atoms with Crippen molar-refractivity contribution in [2.75, 3.05) is 19.6 Å². The third kappa shape index (κ3) is 8.24. The normalized spacial score (nSPS) is 12.3. The van der Waals surface area contributed by atoms with Gasteiger partial charge in [0.1, 0.15) is 5.84 Å². The van der Waals surface area contributed by atoms with Gasteiger partial charge in [0.2, 0.25) is 0 Å². The summed E-state index contributed by atoms with van der Waals surface area (Å²) in [6, 6.07) is 0. The molecule has 0 atom stereocenters. The monoisotopic (exact) mass is 215 g/mol. The Bertz CT molecular complexity index is 171. The first-order valence-electron chi connectivity index (χ1n) is 5.93. The van der Waals surface area contributed by atoms with E-state index in [9.17, 15) is 0 Å². The number of oxime groups is 1. The Balaban J connectivity index is 3.45. The average Bonchev–Trinajstić information content (AvgIpc) is 2.27. The van der Waals surface area contributed by atoms with Crippen LogP contribution in [0.2, 0.25) is 0 Å². The number of amidine groups is 1. The van der Waals surface area contributed by atoms with Crippen molar-refractivity contribution in [1.82, 2.24) is 4.90 Å². The van der Waals surface area contributed by atoms with Crippen LogP contribution < -0.4 is 5.73 Å². The third-order valence-electron chi connectivity index (χ3n) is 2.56. The fourth-order valence-electron chi connectivity index (χ4n) is 1.50. The molecule has 0 aromatic rings. The molecule has 4 nitrogen and oxygen atoms in total. The maximum absolute atomic E-state index is 8.36. The van der Waals surface area contributed by atoms with Crippen molar-refractivity contribution in [2.24, 2.45) is 10.9 Å². The zero-order chi connectivity index (χ0) is 11.5. The van der Waals surface area contributed by atoms with Crippen molar-refractivity contribution < 1.29 is 5.21 Å². The lowest BCUT2D eigenvalue weighted by molar-refractivity contribution is 0.277. The van der Waals surface area contributed by atoms with E-state index < -0.39 is 0 Å². The molecule has 3 N–H and O–H groups in total. The van der Waals surface area contributed by atoms with Crippen LogP contribution in [0, 0.1) is 0 Å². The predicted octanol–water partition coefficient (Wildman–Crippen LogP) is 2.03. The summed E-state index contributed by atoms with van der Waals surface area (Å²) in [5.41, 5.74) is 5.39. The zero-order valence-electron chi connectivity index (χ0n) is 10.1. The molecule has 0 rings (SSSR count). The fraction of sp³-hybridized carbons (Fsp3) is 0.909. The van der Waals surface area contributed by atoms with Gasteiger partial charge in [-0.3, -0.25) is 0 Å². The highest BCUT2D eigenvalue weighted by Gasteiger charge is 2.01. The lowest BCUT2D eigenvalue weighted by atomic mass is 10.2. The minimum atomic E-state index is 0.339. The summed E-state index contributed by atoms with van der Waals surface area (Å²) < 4.78 is 0. The minimum absolute atomic E-state index is 0.339. The van der Waals surface area contributed by atoms with Gasteiger partial charge in [-0.2, -0.15) is 0 Å². The van der Waals surface area contributed by atoms with E-state index >= 15 is 0 Å². The predicted molar refractivity (Wildman–Crippen MR) is 64.3 cm³/mol. The maximum atomic E-state index is 8.36. The van der Waals surface area contributed by atoms with Crippen LogP contribution >= 0.6 is 0 Å². The van der Waals surface area contributed by atoms with E-state index in [4.69, 9.17) is 10.9 Å². The summed E-state index contributed by atoms with van der Waals surface area (Å²) in [4.78, 5) is 2.45. The number of hydrogen-bond donors (Lipinski definition) is 2. The smallest absolute Gasteiger partial charge is 0.139 e. The van der Waals surface area contributed by atoms with Gasteiger partial charge in [0.05, 0.1) is 0 Å². The Morgan fingerprint density at radius 1 is 1.20 bits per heavy atom. The Hall–Kier alpha value is -0.770. The molecule has 0 heterocycles. The second-order valence-corrected chi connectivity index (χ2v) is 3.84. The lowest BCUT2D eigenvalue weighted by Gasteiger charge is -2.19. The number of rotatable bonds is 9. The largest absolute Gasteiger partial charge is 0.409 e. The molecule has 0 aliphatic heterocycles. The molecule has 0 radical (unpaired) electrons. The van der Waals surface area contributed by atoms with Gasteiger partial charge in [0.25, 0.3) is 0 Å². The lowest BCUT2D eigenvalue weighted by Crippen LogP contribution is -2.25. The van der Waals surface area contributed by atoms with Crippen LogP contribution in [0.5, 0.6) is 0 Å². The van der Waals surface area contributed by atoms with Gasteiger partial charge in [-0.15, -0.1) is 0 Å². The van der Waals surface area contributed by atoms with E-state index in [-0.39, 0.29) is 0 Å². The highest BCUT2D eigenvalue weighted by atomic mass is 16.4. The average molecular weight is 215 g/mol. The SMILES string of the molecule is CCCCN(CC)CCCCC(N)=NO. The minimum Gasteiger partial charge on any atom is -0.409 e. The van der Waals surface area contributed by atoms with E-state index in [0.29, 0.717) is 12.3 Å². The van der Waals surface area contributed by atoms with Gasteiger partial charge < -0.3 is 15.8 Å². The van der Waals surface area contributed by atoms with Gasteiger partial charge in [-0.05, 0) is 38.9 Å². The van der Waals surface area contributed by atoms with Gasteiger partial charge in [-0.1, -0.05) is 25.4 Å². The van der Waals surface area contributed by atoms with Crippen LogP contribution in [-0.4, -0.2) is 35.6 Å². The van der Waals surface area contributed by atoms with E-state index in [1.54, 1.807) is 0 Å². The van der Waals surface area contributed by atoms with Crippen molar-refractivity contribution in [3.8, 4) is 0 Å². The maximum Gasteiger partial charge on any atom is 0.139 e. The van der Waals surface area contributed by atoms with Crippen LogP contribution in [0.1, 0.15) is 46.0 Å². The Morgan fingerprint density at radius 3 is 2.40 bits per heavy atom. The van der Waals surface area contributed by atoms with E-state index in [2.05, 4.69) is 23.9 Å². The summed E-state index contributed by atoms with van der Waals surface area (Å²) in [7, 11) is 0. The molecule has 0 amide bonds. The van der Waals surface area contributed by atoms with Gasteiger partial charge in [0.15, 0.2) is 0 Å². The molecule has 90 valence electrons. The van der Waals surface area contributed by atoms with Gasteiger partial charge in [0, 0.05) is 6.42 Å². The van der Waals surface area contributed by atoms with Gasteiger partial charge in [-0.25, -0.2) is 0 Å². The standard InChI is InChI=1S/C11H25N3O/c1-3-5-9-14(4-2)10-7-6-8-11(12)13-15/h15H,3-10H2,1-2H3,(H2,12,13). The Morgan fingerprint density at radius 2 is 1.87 bits per heavy atom. The molecular formula is C11H25N3O. The molecule has 0 aliphatic rings. The topological polar surface area (TPSA) is 61.8 Å². The van der Waals surface area contributed by atoms with Crippen LogP contribution in [0.15, 0.2) is 5.16 Å². The summed E-state index contributed by atoms with van der Waals surface area (Å²) >= 11 is 0. The van der Waals surface area contributed by atoms with Crippen LogP contribution in [0.25, 0.3) is 0 Å². The summed E-state index contributed by atoms with van der Waals surface area (Å²) in [5, 5.41) is 11.3. The Labute approximate surface area is 93.1 Å². The zero-order valence-corrected chi connectivity index (χ0v) is 10.1. The molecule has 4 heteroatoms. The molecule has 0 saturated heterocycles. The molecule has 0 bridgehead atoms. The molecule has 15 heavy (non-hydrogen) atoms. The molecule has 0 aromatic heterocycles. The van der Waals surface area contributed by atoms with Crippen molar-refractivity contribution in [3.05, 3.63) is 0 Å². The highest BCUT2D eigenvalue weighted by Crippen LogP contribution is 2.01. The molecular weight excluding hydrogens is 190 g/mol. The number of nitrogens with zero attached hydrogens (tertiary/aromatic N) is 2. The Kier molecular flexibility index (Phi) is 9.27. The van der Waals surface area contributed by atoms with Crippen molar-refractivity contribution in [1.29, 1.82) is 0 Å². The van der Waals surface area contributed by atoms with E-state index in [0.717, 1.165) is 25.9 Å². The van der Waals surface area contributed by atoms with Crippen LogP contribution in [0.3, 0.4) is 0 Å². The van der Waals surface area contributed by atoms with E-state index in [1.165, 1.54) is 19.4 Å². The van der Waals surface area contributed by atoms with E-state index in [1.807, 2.05) is 0 Å². The molecule has 0 aromatic carbocycles. The molecule has 0 spiro atoms. The highest BCUT2D eigenvalue weighted by molar-refractivity contribution is 5.79. The first kappa shape index (κ1) is 14.2. The fourth-order valence-corrected chi connectivity index (χ4v) is 1.50. The summed E-state index contributed by atoms with van der Waals surface area (Å²) in [6.45, 7) is 7.83. The van der Waals surface area contributed by atoms with Crippen molar-refractivity contribution in [3.63, 3.8) is 0 Å². The first-order valence-corrected chi connectivity index (χ1v) is 5.93. The second-order valence-electron chi connectivity index (χ2n) is 3.84. The van der Waals surface area contributed by atoms with Crippen LogP contribution in [0.4, 0.5) is 0 Å². The summed E-state index contributed by atoms with van der Waals surface area (Å²) in [6.07, 6.45) is 5.34. The summed E-state index contributed by atoms with van der Waals surface area (Å²) in [5.74, 6) is 0.339. The molecule has 0 fully saturated rings. The number of hydrogen-bond acceptors (Lipinski definition) is 3. The molecule has 0 saturated carbocycles. The number of unbranched alkanes of at least 4 members (excludes halogenated alkanes) is 2. The first-order chi connectivity index (χ1) is 7.24. The van der Waals surface area contributed by atoms with Gasteiger partial charge >= 0.3 is 0 Å². The second kappa shape index (κ2) is 9.77. The third-order valence-corrected chi connectivity index (χ3v) is 2.56. The molecule has 0 unspecified atom stereocenters. The quantitative estimate of drug-likeness (QED) is 0.203. The van der Waals surface area contributed by atoms with Crippen molar-refractivity contribution >= 4 is 5.84 Å². The number of nitrogens with two attached hydrogens (primary N) is 1. The van der Waals surface area contributed by atoms with Crippen molar-refractivity contribution in [2.45, 2.75) is 46.0 Å². The molecule has 0 aliphatic carbocycles. The van der Waals surface area contributed by atoms with Crippen LogP contribution in [-0.2, 0) is 0 Å².